The standard InChI is InChI=1S/C24H32N2/c1-2-6-20(7-3-1)18-21-12-16-26(17-13-21)15-5-14-25-24-11-10-22-8-4-9-23(22)19-24/h1-3,6-7,10-11,19,21,25H,4-5,8-9,12-18H2. The van der Waals surface area contributed by atoms with E-state index in [-0.39, 0.29) is 0 Å². The van der Waals surface area contributed by atoms with Crippen molar-refractivity contribution in [3.63, 3.8) is 0 Å². The zero-order valence-electron chi connectivity index (χ0n) is 15.9. The molecule has 1 N–H and O–H groups in total. The molecule has 2 nitrogen and oxygen atoms in total. The molecule has 1 fully saturated rings. The number of rotatable bonds is 7. The van der Waals surface area contributed by atoms with Crippen molar-refractivity contribution in [1.29, 1.82) is 0 Å². The second-order valence-electron chi connectivity index (χ2n) is 8.09. The van der Waals surface area contributed by atoms with Gasteiger partial charge >= 0.3 is 0 Å². The first-order chi connectivity index (χ1) is 12.9. The van der Waals surface area contributed by atoms with E-state index < -0.39 is 0 Å². The smallest absolute Gasteiger partial charge is 0.0343 e. The van der Waals surface area contributed by atoms with Gasteiger partial charge in [0.2, 0.25) is 0 Å². The molecule has 4 rings (SSSR count). The van der Waals surface area contributed by atoms with Gasteiger partial charge in [0.25, 0.3) is 0 Å². The van der Waals surface area contributed by atoms with Crippen molar-refractivity contribution in [1.82, 2.24) is 4.90 Å². The summed E-state index contributed by atoms with van der Waals surface area (Å²) in [7, 11) is 0. The van der Waals surface area contributed by atoms with Crippen LogP contribution in [0, 0.1) is 5.92 Å². The molecule has 2 aromatic rings. The van der Waals surface area contributed by atoms with Gasteiger partial charge in [0.15, 0.2) is 0 Å². The molecule has 0 amide bonds. The average Bonchev–Trinajstić information content (AvgIpc) is 3.15. The molecular weight excluding hydrogens is 316 g/mol. The van der Waals surface area contributed by atoms with Gasteiger partial charge in [-0.05, 0) is 99.3 Å². The predicted molar refractivity (Wildman–Crippen MR) is 111 cm³/mol. The molecule has 26 heavy (non-hydrogen) atoms. The molecule has 1 aliphatic carbocycles. The van der Waals surface area contributed by atoms with Gasteiger partial charge in [-0.2, -0.15) is 0 Å². The van der Waals surface area contributed by atoms with Gasteiger partial charge in [0.1, 0.15) is 0 Å². The second kappa shape index (κ2) is 8.73. The van der Waals surface area contributed by atoms with Crippen LogP contribution in [0.3, 0.4) is 0 Å². The van der Waals surface area contributed by atoms with Crippen LogP contribution < -0.4 is 5.32 Å². The highest BCUT2D eigenvalue weighted by Crippen LogP contribution is 2.25. The third-order valence-electron chi connectivity index (χ3n) is 6.15. The Hall–Kier alpha value is -1.80. The first-order valence-electron chi connectivity index (χ1n) is 10.5. The molecule has 0 bridgehead atoms. The molecule has 1 saturated heterocycles. The summed E-state index contributed by atoms with van der Waals surface area (Å²) >= 11 is 0. The Morgan fingerprint density at radius 2 is 1.73 bits per heavy atom. The highest BCUT2D eigenvalue weighted by atomic mass is 15.1. The Labute approximate surface area is 158 Å². The number of anilines is 1. The van der Waals surface area contributed by atoms with Gasteiger partial charge in [0.05, 0.1) is 0 Å². The fourth-order valence-electron chi connectivity index (χ4n) is 4.58. The number of hydrogen-bond donors (Lipinski definition) is 1. The zero-order chi connectivity index (χ0) is 17.6. The van der Waals surface area contributed by atoms with Crippen LogP contribution in [0.5, 0.6) is 0 Å². The van der Waals surface area contributed by atoms with Crippen molar-refractivity contribution in [2.24, 2.45) is 5.92 Å². The minimum Gasteiger partial charge on any atom is -0.385 e. The van der Waals surface area contributed by atoms with Crippen LogP contribution in [0.2, 0.25) is 0 Å². The molecule has 2 aromatic carbocycles. The molecule has 2 heteroatoms. The molecule has 0 atom stereocenters. The Bertz CT molecular complexity index is 687. The molecule has 1 heterocycles. The van der Waals surface area contributed by atoms with E-state index in [9.17, 15) is 0 Å². The van der Waals surface area contributed by atoms with E-state index >= 15 is 0 Å². The lowest BCUT2D eigenvalue weighted by Crippen LogP contribution is -2.35. The van der Waals surface area contributed by atoms with Gasteiger partial charge in [-0.25, -0.2) is 0 Å². The largest absolute Gasteiger partial charge is 0.385 e. The fraction of sp³-hybridized carbons (Fsp3) is 0.500. The average molecular weight is 349 g/mol. The summed E-state index contributed by atoms with van der Waals surface area (Å²) in [5.41, 5.74) is 5.95. The van der Waals surface area contributed by atoms with E-state index in [1.807, 2.05) is 0 Å². The van der Waals surface area contributed by atoms with Gasteiger partial charge in [-0.3, -0.25) is 0 Å². The summed E-state index contributed by atoms with van der Waals surface area (Å²) in [6.07, 6.45) is 9.08. The number of nitrogens with one attached hydrogen (secondary N) is 1. The molecule has 0 saturated carbocycles. The minimum atomic E-state index is 0.873. The van der Waals surface area contributed by atoms with Crippen LogP contribution in [0.15, 0.2) is 48.5 Å². The number of hydrogen-bond acceptors (Lipinski definition) is 2. The summed E-state index contributed by atoms with van der Waals surface area (Å²) in [4.78, 5) is 2.66. The SMILES string of the molecule is c1ccc(CC2CCN(CCCNc3ccc4c(c3)CCC4)CC2)cc1. The van der Waals surface area contributed by atoms with Crippen LogP contribution >= 0.6 is 0 Å². The van der Waals surface area contributed by atoms with Crippen molar-refractivity contribution in [3.8, 4) is 0 Å². The van der Waals surface area contributed by atoms with Crippen molar-refractivity contribution >= 4 is 5.69 Å². The maximum atomic E-state index is 3.63. The lowest BCUT2D eigenvalue weighted by Gasteiger charge is -2.32. The van der Waals surface area contributed by atoms with Crippen molar-refractivity contribution in [3.05, 3.63) is 65.2 Å². The van der Waals surface area contributed by atoms with E-state index in [0.717, 1.165) is 12.5 Å². The van der Waals surface area contributed by atoms with Crippen LogP contribution in [0.1, 0.15) is 42.4 Å². The molecule has 0 aromatic heterocycles. The van der Waals surface area contributed by atoms with Gasteiger partial charge in [-0.1, -0.05) is 36.4 Å². The topological polar surface area (TPSA) is 15.3 Å². The molecule has 1 aliphatic heterocycles. The summed E-state index contributed by atoms with van der Waals surface area (Å²) in [5.74, 6) is 0.873. The van der Waals surface area contributed by atoms with Crippen molar-refractivity contribution < 1.29 is 0 Å². The number of likely N-dealkylation sites (tertiary alicyclic amines) is 1. The first-order valence-corrected chi connectivity index (χ1v) is 10.5. The summed E-state index contributed by atoms with van der Waals surface area (Å²) in [5, 5.41) is 3.63. The molecular formula is C24H32N2. The third kappa shape index (κ3) is 4.67. The lowest BCUT2D eigenvalue weighted by atomic mass is 9.90. The maximum absolute atomic E-state index is 3.63. The van der Waals surface area contributed by atoms with E-state index in [2.05, 4.69) is 58.7 Å². The van der Waals surface area contributed by atoms with Crippen molar-refractivity contribution in [2.45, 2.75) is 44.9 Å². The highest BCUT2D eigenvalue weighted by Gasteiger charge is 2.19. The normalized spacial score (nSPS) is 18.0. The number of benzene rings is 2. The lowest BCUT2D eigenvalue weighted by molar-refractivity contribution is 0.183. The van der Waals surface area contributed by atoms with E-state index in [4.69, 9.17) is 0 Å². The van der Waals surface area contributed by atoms with E-state index in [0.29, 0.717) is 0 Å². The molecule has 0 unspecified atom stereocenters. The predicted octanol–water partition coefficient (Wildman–Crippen LogP) is 4.93. The quantitative estimate of drug-likeness (QED) is 0.714. The third-order valence-corrected chi connectivity index (χ3v) is 6.15. The number of aryl methyl sites for hydroxylation is 2. The zero-order valence-corrected chi connectivity index (χ0v) is 15.9. The maximum Gasteiger partial charge on any atom is 0.0343 e. The number of fused-ring (bicyclic) bond motifs is 1. The van der Waals surface area contributed by atoms with E-state index in [1.165, 1.54) is 75.8 Å². The highest BCUT2D eigenvalue weighted by molar-refractivity contribution is 5.50. The van der Waals surface area contributed by atoms with Crippen LogP contribution in [-0.4, -0.2) is 31.1 Å². The monoisotopic (exact) mass is 348 g/mol. The number of nitrogens with zero attached hydrogens (tertiary/aromatic N) is 1. The second-order valence-corrected chi connectivity index (χ2v) is 8.09. The van der Waals surface area contributed by atoms with Crippen LogP contribution in [-0.2, 0) is 19.3 Å². The molecule has 0 spiro atoms. The van der Waals surface area contributed by atoms with Gasteiger partial charge in [0, 0.05) is 12.2 Å². The molecule has 2 aliphatic rings. The van der Waals surface area contributed by atoms with E-state index in [1.54, 1.807) is 11.1 Å². The minimum absolute atomic E-state index is 0.873. The Morgan fingerprint density at radius 3 is 2.58 bits per heavy atom. The first kappa shape index (κ1) is 17.6. The Morgan fingerprint density at radius 1 is 0.923 bits per heavy atom. The number of piperidine rings is 1. The summed E-state index contributed by atoms with van der Waals surface area (Å²) < 4.78 is 0. The molecule has 0 radical (unpaired) electrons. The fourth-order valence-corrected chi connectivity index (χ4v) is 4.58. The van der Waals surface area contributed by atoms with Crippen LogP contribution in [0.4, 0.5) is 5.69 Å². The van der Waals surface area contributed by atoms with Gasteiger partial charge in [-0.15, -0.1) is 0 Å². The Kier molecular flexibility index (Phi) is 5.91. The molecule has 138 valence electrons. The summed E-state index contributed by atoms with van der Waals surface area (Å²) in [6.45, 7) is 4.87. The van der Waals surface area contributed by atoms with Crippen molar-refractivity contribution in [2.75, 3.05) is 31.5 Å². The Balaban J connectivity index is 1.13. The van der Waals surface area contributed by atoms with Gasteiger partial charge < -0.3 is 10.2 Å². The van der Waals surface area contributed by atoms with Crippen LogP contribution in [0.25, 0.3) is 0 Å². The summed E-state index contributed by atoms with van der Waals surface area (Å²) in [6, 6.07) is 18.0.